The van der Waals surface area contributed by atoms with E-state index in [9.17, 15) is 0 Å². The van der Waals surface area contributed by atoms with Gasteiger partial charge in [0.25, 0.3) is 0 Å². The minimum atomic E-state index is -2.50. The van der Waals surface area contributed by atoms with Gasteiger partial charge in [0.05, 0.1) is 29.1 Å². The Morgan fingerprint density at radius 2 is 1.95 bits per heavy atom. The molecule has 0 saturated carbocycles. The van der Waals surface area contributed by atoms with E-state index in [2.05, 4.69) is 5.32 Å². The fraction of sp³-hybridized carbons (Fsp3) is 0.118. The Labute approximate surface area is 123 Å². The Bertz CT molecular complexity index is 682. The first kappa shape index (κ1) is 10.3. The Hall–Kier alpha value is -2.55. The third kappa shape index (κ3) is 3.99. The lowest BCUT2D eigenvalue weighted by Gasteiger charge is -2.10. The maximum atomic E-state index is 7.94. The average Bonchev–Trinajstić information content (AvgIpc) is 2.51. The van der Waals surface area contributed by atoms with Gasteiger partial charge in [-0.1, -0.05) is 48.5 Å². The van der Waals surface area contributed by atoms with Crippen molar-refractivity contribution in [2.24, 2.45) is 0 Å². The minimum absolute atomic E-state index is 0.243. The van der Waals surface area contributed by atoms with Gasteiger partial charge in [-0.2, -0.15) is 0 Å². The Balaban J connectivity index is 1.95. The van der Waals surface area contributed by atoms with Gasteiger partial charge in [-0.15, -0.1) is 0 Å². The zero-order valence-electron chi connectivity index (χ0n) is 14.0. The molecule has 20 heavy (non-hydrogen) atoms. The van der Waals surface area contributed by atoms with Crippen LogP contribution >= 0.6 is 0 Å². The van der Waals surface area contributed by atoms with Gasteiger partial charge in [-0.25, -0.2) is 0 Å². The van der Waals surface area contributed by atoms with Crippen molar-refractivity contribution in [3.05, 3.63) is 66.2 Å². The summed E-state index contributed by atoms with van der Waals surface area (Å²) in [6, 6.07) is 16.5. The first-order valence-corrected chi connectivity index (χ1v) is 6.26. The third-order valence-corrected chi connectivity index (χ3v) is 2.74. The standard InChI is InChI=1S/C17H18N2O/c1-20-17-10-6-5-9-16(17)19-13-15(18)12-11-14-7-3-2-4-8-14/h2-12,18-19H,13H2,1H3/b12-11+,18-15?/i1T3. The average molecular weight is 272 g/mol. The highest BCUT2D eigenvalue weighted by atomic mass is 16.5. The van der Waals surface area contributed by atoms with Gasteiger partial charge in [-0.3, -0.25) is 0 Å². The number of rotatable bonds is 6. The second kappa shape index (κ2) is 7.14. The van der Waals surface area contributed by atoms with Crippen molar-refractivity contribution in [3.63, 3.8) is 0 Å². The predicted molar refractivity (Wildman–Crippen MR) is 84.7 cm³/mol. The number of hydrogen-bond donors (Lipinski definition) is 2. The van der Waals surface area contributed by atoms with Crippen LogP contribution in [0.15, 0.2) is 60.7 Å². The van der Waals surface area contributed by atoms with Gasteiger partial charge in [0, 0.05) is 0 Å². The van der Waals surface area contributed by atoms with Crippen LogP contribution in [0, 0.1) is 5.41 Å². The minimum Gasteiger partial charge on any atom is -0.495 e. The number of nitrogens with one attached hydrogen (secondary N) is 2. The van der Waals surface area contributed by atoms with Crippen molar-refractivity contribution >= 4 is 17.5 Å². The molecule has 2 rings (SSSR count). The highest BCUT2D eigenvalue weighted by molar-refractivity contribution is 5.98. The number of hydrogen-bond acceptors (Lipinski definition) is 3. The molecule has 0 atom stereocenters. The van der Waals surface area contributed by atoms with Crippen LogP contribution < -0.4 is 10.1 Å². The van der Waals surface area contributed by atoms with Gasteiger partial charge in [-0.05, 0) is 23.8 Å². The summed E-state index contributed by atoms with van der Waals surface area (Å²) in [6.45, 7) is 0.269. The van der Waals surface area contributed by atoms with Crippen LogP contribution in [0.3, 0.4) is 0 Å². The van der Waals surface area contributed by atoms with Crippen molar-refractivity contribution < 1.29 is 8.85 Å². The Morgan fingerprint density at radius 3 is 2.75 bits per heavy atom. The first-order chi connectivity index (χ1) is 10.9. The molecule has 2 aromatic rings. The maximum Gasteiger partial charge on any atom is 0.141 e. The molecule has 0 unspecified atom stereocenters. The fourth-order valence-electron chi connectivity index (χ4n) is 1.71. The van der Waals surface area contributed by atoms with Crippen LogP contribution in [0.2, 0.25) is 0 Å². The largest absolute Gasteiger partial charge is 0.495 e. The van der Waals surface area contributed by atoms with Crippen LogP contribution in [0.1, 0.15) is 9.68 Å². The second-order valence-electron chi connectivity index (χ2n) is 4.22. The molecule has 0 aliphatic heterocycles. The van der Waals surface area contributed by atoms with Crippen LogP contribution in [0.5, 0.6) is 5.75 Å². The van der Waals surface area contributed by atoms with Crippen molar-refractivity contribution in [2.45, 2.75) is 0 Å². The SMILES string of the molecule is [3H]C([3H])([3H])Oc1ccccc1NCC(=N)/C=C/c1ccccc1. The highest BCUT2D eigenvalue weighted by Crippen LogP contribution is 2.22. The number of benzene rings is 2. The molecule has 3 nitrogen and oxygen atoms in total. The van der Waals surface area contributed by atoms with E-state index in [1.165, 1.54) is 0 Å². The lowest BCUT2D eigenvalue weighted by molar-refractivity contribution is 0.416. The van der Waals surface area contributed by atoms with E-state index in [1.807, 2.05) is 36.4 Å². The highest BCUT2D eigenvalue weighted by Gasteiger charge is 2.00. The van der Waals surface area contributed by atoms with E-state index in [-0.39, 0.29) is 12.3 Å². The van der Waals surface area contributed by atoms with Crippen molar-refractivity contribution in [3.8, 4) is 5.75 Å². The molecule has 0 fully saturated rings. The van der Waals surface area contributed by atoms with Gasteiger partial charge < -0.3 is 15.5 Å². The lowest BCUT2D eigenvalue weighted by Crippen LogP contribution is -2.11. The van der Waals surface area contributed by atoms with E-state index < -0.39 is 7.04 Å². The first-order valence-electron chi connectivity index (χ1n) is 7.76. The molecular formula is C17H18N2O. The Morgan fingerprint density at radius 1 is 1.20 bits per heavy atom. The van der Waals surface area contributed by atoms with Gasteiger partial charge in [0.1, 0.15) is 5.75 Å². The molecule has 0 heterocycles. The molecule has 0 aromatic heterocycles. The normalized spacial score (nSPS) is 13.3. The number of para-hydroxylation sites is 2. The summed E-state index contributed by atoms with van der Waals surface area (Å²) in [6.07, 6.45) is 3.56. The Kier molecular flexibility index (Phi) is 3.66. The molecular weight excluding hydrogens is 248 g/mol. The molecule has 2 N–H and O–H groups in total. The van der Waals surface area contributed by atoms with Gasteiger partial charge in [0.15, 0.2) is 0 Å². The van der Waals surface area contributed by atoms with Crippen LogP contribution in [-0.2, 0) is 0 Å². The van der Waals surface area contributed by atoms with Crippen molar-refractivity contribution in [1.82, 2.24) is 0 Å². The summed E-state index contributed by atoms with van der Waals surface area (Å²) in [5.41, 5.74) is 1.93. The molecule has 0 saturated heterocycles. The summed E-state index contributed by atoms with van der Waals surface area (Å²) >= 11 is 0. The van der Waals surface area contributed by atoms with Crippen molar-refractivity contribution in [1.29, 1.82) is 5.41 Å². The number of ether oxygens (including phenoxy) is 1. The van der Waals surface area contributed by atoms with E-state index >= 15 is 0 Å². The molecule has 102 valence electrons. The molecule has 3 heteroatoms. The summed E-state index contributed by atoms with van der Waals surface area (Å²) in [7, 11) is -2.50. The van der Waals surface area contributed by atoms with Crippen LogP contribution in [0.4, 0.5) is 5.69 Å². The fourth-order valence-corrected chi connectivity index (χ4v) is 1.71. The topological polar surface area (TPSA) is 45.1 Å². The lowest BCUT2D eigenvalue weighted by atomic mass is 10.2. The van der Waals surface area contributed by atoms with Gasteiger partial charge in [0.2, 0.25) is 0 Å². The molecule has 0 amide bonds. The summed E-state index contributed by atoms with van der Waals surface area (Å²) in [5.74, 6) is 0.243. The molecule has 0 aliphatic rings. The quantitative estimate of drug-likeness (QED) is 0.785. The predicted octanol–water partition coefficient (Wildman–Crippen LogP) is 3.84. The zero-order chi connectivity index (χ0) is 16.7. The summed E-state index contributed by atoms with van der Waals surface area (Å²) in [5, 5.41) is 11.0. The van der Waals surface area contributed by atoms with E-state index in [0.717, 1.165) is 5.56 Å². The van der Waals surface area contributed by atoms with E-state index in [4.69, 9.17) is 14.3 Å². The summed E-state index contributed by atoms with van der Waals surface area (Å²) < 4.78 is 26.5. The summed E-state index contributed by atoms with van der Waals surface area (Å²) in [4.78, 5) is 0. The zero-order valence-corrected chi connectivity index (χ0v) is 11.0. The van der Waals surface area contributed by atoms with Crippen LogP contribution in [0.25, 0.3) is 6.08 Å². The molecule has 0 bridgehead atoms. The monoisotopic (exact) mass is 272 g/mol. The smallest absolute Gasteiger partial charge is 0.141 e. The van der Waals surface area contributed by atoms with E-state index in [1.54, 1.807) is 30.3 Å². The second-order valence-corrected chi connectivity index (χ2v) is 4.22. The molecule has 0 radical (unpaired) electrons. The third-order valence-electron chi connectivity index (χ3n) is 2.74. The van der Waals surface area contributed by atoms with Gasteiger partial charge >= 0.3 is 0 Å². The maximum absolute atomic E-state index is 7.94. The molecule has 0 aliphatic carbocycles. The van der Waals surface area contributed by atoms with E-state index in [0.29, 0.717) is 11.4 Å². The number of methoxy groups -OCH3 is 1. The molecule has 2 aromatic carbocycles. The molecule has 0 spiro atoms. The van der Waals surface area contributed by atoms with Crippen LogP contribution in [-0.4, -0.2) is 19.3 Å². The number of anilines is 1. The van der Waals surface area contributed by atoms with Crippen molar-refractivity contribution in [2.75, 3.05) is 18.9 Å².